The quantitative estimate of drug-likeness (QED) is 0.827. The molecular weight excluding hydrogens is 242 g/mol. The van der Waals surface area contributed by atoms with Gasteiger partial charge in [-0.05, 0) is 63.0 Å². The van der Waals surface area contributed by atoms with Crippen LogP contribution in [0.25, 0.3) is 0 Å². The Morgan fingerprint density at radius 3 is 2.65 bits per heavy atom. The van der Waals surface area contributed by atoms with Crippen LogP contribution in [0.5, 0.6) is 0 Å². The lowest BCUT2D eigenvalue weighted by Gasteiger charge is -2.36. The maximum atomic E-state index is 3.59. The SMILES string of the molecule is CNC(CCc1cccc(C)c1)C1CCC(C)C(C)C1. The molecule has 2 rings (SSSR count). The van der Waals surface area contributed by atoms with Crippen molar-refractivity contribution in [2.75, 3.05) is 7.05 Å². The molecule has 0 amide bonds. The molecule has 1 aliphatic rings. The van der Waals surface area contributed by atoms with Gasteiger partial charge in [-0.1, -0.05) is 50.1 Å². The van der Waals surface area contributed by atoms with Crippen molar-refractivity contribution in [2.45, 2.75) is 58.9 Å². The molecule has 20 heavy (non-hydrogen) atoms. The largest absolute Gasteiger partial charge is 0.317 e. The number of hydrogen-bond acceptors (Lipinski definition) is 1. The van der Waals surface area contributed by atoms with Gasteiger partial charge in [0.2, 0.25) is 0 Å². The average molecular weight is 273 g/mol. The number of rotatable bonds is 5. The first-order valence-corrected chi connectivity index (χ1v) is 8.33. The minimum absolute atomic E-state index is 0.686. The molecule has 1 aromatic rings. The topological polar surface area (TPSA) is 12.0 Å². The summed E-state index contributed by atoms with van der Waals surface area (Å²) in [6, 6.07) is 9.65. The van der Waals surface area contributed by atoms with Crippen molar-refractivity contribution < 1.29 is 0 Å². The highest BCUT2D eigenvalue weighted by Crippen LogP contribution is 2.35. The Balaban J connectivity index is 1.89. The summed E-state index contributed by atoms with van der Waals surface area (Å²) in [5.41, 5.74) is 2.87. The molecule has 1 aliphatic carbocycles. The zero-order valence-corrected chi connectivity index (χ0v) is 13.7. The zero-order chi connectivity index (χ0) is 14.5. The summed E-state index contributed by atoms with van der Waals surface area (Å²) in [5, 5.41) is 3.59. The van der Waals surface area contributed by atoms with E-state index in [2.05, 4.69) is 57.4 Å². The minimum atomic E-state index is 0.686. The third-order valence-electron chi connectivity index (χ3n) is 5.41. The van der Waals surface area contributed by atoms with E-state index in [1.807, 2.05) is 0 Å². The monoisotopic (exact) mass is 273 g/mol. The highest BCUT2D eigenvalue weighted by molar-refractivity contribution is 5.22. The third-order valence-corrected chi connectivity index (χ3v) is 5.41. The fraction of sp³-hybridized carbons (Fsp3) is 0.684. The van der Waals surface area contributed by atoms with Gasteiger partial charge in [0, 0.05) is 6.04 Å². The molecule has 1 saturated carbocycles. The summed E-state index contributed by atoms with van der Waals surface area (Å²) in [6.45, 7) is 7.04. The predicted molar refractivity (Wildman–Crippen MR) is 88.0 cm³/mol. The molecule has 1 N–H and O–H groups in total. The van der Waals surface area contributed by atoms with E-state index in [4.69, 9.17) is 0 Å². The van der Waals surface area contributed by atoms with Crippen LogP contribution in [0.15, 0.2) is 24.3 Å². The predicted octanol–water partition coefficient (Wildman–Crippen LogP) is 4.59. The molecule has 1 aromatic carbocycles. The van der Waals surface area contributed by atoms with Crippen LogP contribution >= 0.6 is 0 Å². The lowest BCUT2D eigenvalue weighted by atomic mass is 9.72. The van der Waals surface area contributed by atoms with Crippen LogP contribution in [0.3, 0.4) is 0 Å². The maximum Gasteiger partial charge on any atom is 0.00955 e. The molecule has 0 radical (unpaired) electrons. The number of benzene rings is 1. The second-order valence-corrected chi connectivity index (χ2v) is 6.95. The molecule has 112 valence electrons. The Hall–Kier alpha value is -0.820. The molecule has 0 heterocycles. The van der Waals surface area contributed by atoms with Crippen molar-refractivity contribution in [3.8, 4) is 0 Å². The number of nitrogens with one attached hydrogen (secondary N) is 1. The Kier molecular flexibility index (Phi) is 5.65. The lowest BCUT2D eigenvalue weighted by Crippen LogP contribution is -2.38. The van der Waals surface area contributed by atoms with Crippen LogP contribution in [-0.2, 0) is 6.42 Å². The first kappa shape index (κ1) is 15.6. The highest BCUT2D eigenvalue weighted by atomic mass is 14.9. The van der Waals surface area contributed by atoms with Crippen LogP contribution < -0.4 is 5.32 Å². The van der Waals surface area contributed by atoms with Crippen molar-refractivity contribution in [1.29, 1.82) is 0 Å². The van der Waals surface area contributed by atoms with Gasteiger partial charge in [-0.3, -0.25) is 0 Å². The Morgan fingerprint density at radius 1 is 1.20 bits per heavy atom. The smallest absolute Gasteiger partial charge is 0.00955 e. The van der Waals surface area contributed by atoms with Crippen LogP contribution in [0, 0.1) is 24.7 Å². The molecule has 0 aromatic heterocycles. The lowest BCUT2D eigenvalue weighted by molar-refractivity contribution is 0.170. The fourth-order valence-electron chi connectivity index (χ4n) is 3.76. The molecule has 4 atom stereocenters. The van der Waals surface area contributed by atoms with Crippen molar-refractivity contribution in [1.82, 2.24) is 5.32 Å². The summed E-state index contributed by atoms with van der Waals surface area (Å²) >= 11 is 0. The second kappa shape index (κ2) is 7.26. The Bertz CT molecular complexity index is 412. The van der Waals surface area contributed by atoms with Crippen LogP contribution in [0.2, 0.25) is 0 Å². The van der Waals surface area contributed by atoms with Gasteiger partial charge < -0.3 is 5.32 Å². The van der Waals surface area contributed by atoms with Crippen molar-refractivity contribution in [3.05, 3.63) is 35.4 Å². The average Bonchev–Trinajstić information content (AvgIpc) is 2.43. The van der Waals surface area contributed by atoms with Gasteiger partial charge in [0.1, 0.15) is 0 Å². The zero-order valence-electron chi connectivity index (χ0n) is 13.7. The van der Waals surface area contributed by atoms with Gasteiger partial charge in [-0.25, -0.2) is 0 Å². The van der Waals surface area contributed by atoms with Crippen molar-refractivity contribution in [3.63, 3.8) is 0 Å². The van der Waals surface area contributed by atoms with Crippen LogP contribution in [-0.4, -0.2) is 13.1 Å². The van der Waals surface area contributed by atoms with E-state index < -0.39 is 0 Å². The van der Waals surface area contributed by atoms with Crippen molar-refractivity contribution in [2.24, 2.45) is 17.8 Å². The molecule has 1 heteroatoms. The molecule has 4 unspecified atom stereocenters. The Labute approximate surface area is 125 Å². The van der Waals surface area contributed by atoms with E-state index in [9.17, 15) is 0 Å². The first-order chi connectivity index (χ1) is 9.60. The van der Waals surface area contributed by atoms with Gasteiger partial charge in [0.15, 0.2) is 0 Å². The van der Waals surface area contributed by atoms with Crippen LogP contribution in [0.4, 0.5) is 0 Å². The summed E-state index contributed by atoms with van der Waals surface area (Å²) in [7, 11) is 2.14. The minimum Gasteiger partial charge on any atom is -0.317 e. The normalized spacial score (nSPS) is 28.3. The van der Waals surface area contributed by atoms with E-state index in [1.165, 1.54) is 43.2 Å². The van der Waals surface area contributed by atoms with Crippen LogP contribution in [0.1, 0.15) is 50.7 Å². The van der Waals surface area contributed by atoms with E-state index in [0.717, 1.165) is 17.8 Å². The molecule has 0 bridgehead atoms. The summed E-state index contributed by atoms with van der Waals surface area (Å²) in [6.07, 6.45) is 6.69. The molecule has 0 saturated heterocycles. The first-order valence-electron chi connectivity index (χ1n) is 8.33. The van der Waals surface area contributed by atoms with E-state index in [-0.39, 0.29) is 0 Å². The summed E-state index contributed by atoms with van der Waals surface area (Å²) < 4.78 is 0. The molecule has 0 spiro atoms. The molecule has 0 aliphatic heterocycles. The third kappa shape index (κ3) is 4.09. The number of aryl methyl sites for hydroxylation is 2. The Morgan fingerprint density at radius 2 is 2.00 bits per heavy atom. The number of hydrogen-bond donors (Lipinski definition) is 1. The molecule has 1 nitrogen and oxygen atoms in total. The van der Waals surface area contributed by atoms with Gasteiger partial charge in [-0.2, -0.15) is 0 Å². The molecule has 1 fully saturated rings. The van der Waals surface area contributed by atoms with Gasteiger partial charge >= 0.3 is 0 Å². The van der Waals surface area contributed by atoms with Gasteiger partial charge in [0.05, 0.1) is 0 Å². The maximum absolute atomic E-state index is 3.59. The van der Waals surface area contributed by atoms with Crippen molar-refractivity contribution >= 4 is 0 Å². The van der Waals surface area contributed by atoms with Gasteiger partial charge in [0.25, 0.3) is 0 Å². The standard InChI is InChI=1S/C19H31N/c1-14-6-5-7-17(12-14)9-11-19(20-4)18-10-8-15(2)16(3)13-18/h5-7,12,15-16,18-20H,8-11,13H2,1-4H3. The van der Waals surface area contributed by atoms with E-state index >= 15 is 0 Å². The van der Waals surface area contributed by atoms with Gasteiger partial charge in [-0.15, -0.1) is 0 Å². The van der Waals surface area contributed by atoms with E-state index in [0.29, 0.717) is 6.04 Å². The summed E-state index contributed by atoms with van der Waals surface area (Å²) in [5.74, 6) is 2.68. The molecular formula is C19H31N. The fourth-order valence-corrected chi connectivity index (χ4v) is 3.76. The highest BCUT2D eigenvalue weighted by Gasteiger charge is 2.29. The second-order valence-electron chi connectivity index (χ2n) is 6.95. The van der Waals surface area contributed by atoms with E-state index in [1.54, 1.807) is 0 Å². The summed E-state index contributed by atoms with van der Waals surface area (Å²) in [4.78, 5) is 0.